The van der Waals surface area contributed by atoms with Gasteiger partial charge in [-0.05, 0) is 43.4 Å². The van der Waals surface area contributed by atoms with E-state index in [1.807, 2.05) is 71.5 Å². The minimum Gasteiger partial charge on any atom is -0.331 e. The van der Waals surface area contributed by atoms with Crippen LogP contribution in [0.15, 0.2) is 96.2 Å². The largest absolute Gasteiger partial charge is 0.331 e. The van der Waals surface area contributed by atoms with Gasteiger partial charge in [0.15, 0.2) is 5.11 Å². The number of aryl methyl sites for hydroxylation is 1. The molecular weight excluding hydrogens is 390 g/mol. The number of hydrogen-bond donors (Lipinski definition) is 2. The molecule has 0 saturated heterocycles. The van der Waals surface area contributed by atoms with E-state index >= 15 is 0 Å². The lowest BCUT2D eigenvalue weighted by Crippen LogP contribution is -2.23. The smallest absolute Gasteiger partial charge is 0.191 e. The number of hydrazone groups is 1. The highest BCUT2D eigenvalue weighted by Crippen LogP contribution is 2.23. The molecule has 0 aliphatic rings. The summed E-state index contributed by atoms with van der Waals surface area (Å²) in [7, 11) is 0. The summed E-state index contributed by atoms with van der Waals surface area (Å²) in [5.74, 6) is 0. The van der Waals surface area contributed by atoms with Crippen LogP contribution in [0.1, 0.15) is 11.1 Å². The van der Waals surface area contributed by atoms with E-state index in [9.17, 15) is 0 Å². The van der Waals surface area contributed by atoms with Crippen LogP contribution in [0.3, 0.4) is 0 Å². The number of thiocarbonyl (C=S) groups is 1. The van der Waals surface area contributed by atoms with Gasteiger partial charge in [-0.1, -0.05) is 66.2 Å². The van der Waals surface area contributed by atoms with E-state index in [0.717, 1.165) is 28.2 Å². The van der Waals surface area contributed by atoms with Gasteiger partial charge < -0.3 is 5.32 Å². The van der Waals surface area contributed by atoms with Crippen LogP contribution in [0.25, 0.3) is 16.9 Å². The molecule has 0 spiro atoms. The molecular formula is C24H21N5S. The average molecular weight is 412 g/mol. The van der Waals surface area contributed by atoms with Gasteiger partial charge in [0.05, 0.1) is 11.9 Å². The van der Waals surface area contributed by atoms with Gasteiger partial charge in [0.25, 0.3) is 0 Å². The van der Waals surface area contributed by atoms with Crippen molar-refractivity contribution in [1.82, 2.24) is 15.2 Å². The first-order chi connectivity index (χ1) is 14.7. The molecule has 148 valence electrons. The molecule has 1 heterocycles. The molecule has 0 aliphatic heterocycles. The molecule has 0 fully saturated rings. The van der Waals surface area contributed by atoms with Gasteiger partial charge in [0.1, 0.15) is 5.69 Å². The molecule has 0 radical (unpaired) electrons. The van der Waals surface area contributed by atoms with Gasteiger partial charge >= 0.3 is 0 Å². The van der Waals surface area contributed by atoms with Crippen molar-refractivity contribution in [2.75, 3.05) is 5.32 Å². The second-order valence-corrected chi connectivity index (χ2v) is 7.18. The van der Waals surface area contributed by atoms with Crippen molar-refractivity contribution in [3.05, 3.63) is 102 Å². The average Bonchev–Trinajstić information content (AvgIpc) is 3.20. The number of nitrogens with zero attached hydrogens (tertiary/aromatic N) is 3. The van der Waals surface area contributed by atoms with Crippen molar-refractivity contribution in [3.63, 3.8) is 0 Å². The van der Waals surface area contributed by atoms with Crippen molar-refractivity contribution in [1.29, 1.82) is 0 Å². The van der Waals surface area contributed by atoms with Crippen LogP contribution >= 0.6 is 12.2 Å². The lowest BCUT2D eigenvalue weighted by atomic mass is 10.1. The molecule has 0 atom stereocenters. The third kappa shape index (κ3) is 4.79. The topological polar surface area (TPSA) is 54.2 Å². The van der Waals surface area contributed by atoms with E-state index in [4.69, 9.17) is 17.3 Å². The Bertz CT molecular complexity index is 1150. The summed E-state index contributed by atoms with van der Waals surface area (Å²) in [5, 5.41) is 12.6. The fourth-order valence-electron chi connectivity index (χ4n) is 2.97. The molecule has 3 aromatic carbocycles. The van der Waals surface area contributed by atoms with Crippen LogP contribution in [0, 0.1) is 6.92 Å². The summed E-state index contributed by atoms with van der Waals surface area (Å²) in [5.41, 5.74) is 8.73. The number of hydrogen-bond acceptors (Lipinski definition) is 3. The predicted molar refractivity (Wildman–Crippen MR) is 127 cm³/mol. The third-order valence-electron chi connectivity index (χ3n) is 4.49. The summed E-state index contributed by atoms with van der Waals surface area (Å²) in [6.07, 6.45) is 3.70. The number of benzene rings is 3. The van der Waals surface area contributed by atoms with E-state index < -0.39 is 0 Å². The van der Waals surface area contributed by atoms with Crippen LogP contribution in [-0.2, 0) is 0 Å². The van der Waals surface area contributed by atoms with Gasteiger partial charge in [0, 0.05) is 23.0 Å². The molecule has 5 nitrogen and oxygen atoms in total. The van der Waals surface area contributed by atoms with Crippen molar-refractivity contribution in [2.45, 2.75) is 6.92 Å². The molecule has 1 aromatic heterocycles. The molecule has 4 rings (SSSR count). The first-order valence-corrected chi connectivity index (χ1v) is 9.97. The minimum atomic E-state index is 0.421. The summed E-state index contributed by atoms with van der Waals surface area (Å²) >= 11 is 5.32. The van der Waals surface area contributed by atoms with E-state index in [-0.39, 0.29) is 0 Å². The van der Waals surface area contributed by atoms with E-state index in [0.29, 0.717) is 5.11 Å². The summed E-state index contributed by atoms with van der Waals surface area (Å²) in [4.78, 5) is 0. The monoisotopic (exact) mass is 411 g/mol. The highest BCUT2D eigenvalue weighted by atomic mass is 32.1. The molecule has 4 aromatic rings. The van der Waals surface area contributed by atoms with Crippen LogP contribution in [0.5, 0.6) is 0 Å². The molecule has 0 unspecified atom stereocenters. The summed E-state index contributed by atoms with van der Waals surface area (Å²) < 4.78 is 1.86. The summed E-state index contributed by atoms with van der Waals surface area (Å²) in [6.45, 7) is 2.07. The number of anilines is 1. The molecule has 0 bridgehead atoms. The van der Waals surface area contributed by atoms with Crippen molar-refractivity contribution in [2.24, 2.45) is 5.10 Å². The Labute approximate surface area is 181 Å². The fraction of sp³-hybridized carbons (Fsp3) is 0.0417. The van der Waals surface area contributed by atoms with Crippen molar-refractivity contribution >= 4 is 29.2 Å². The highest BCUT2D eigenvalue weighted by molar-refractivity contribution is 7.80. The Morgan fingerprint density at radius 1 is 0.933 bits per heavy atom. The van der Waals surface area contributed by atoms with Crippen LogP contribution in [0.4, 0.5) is 5.69 Å². The van der Waals surface area contributed by atoms with Crippen molar-refractivity contribution < 1.29 is 0 Å². The van der Waals surface area contributed by atoms with Gasteiger partial charge in [-0.3, -0.25) is 5.43 Å². The van der Waals surface area contributed by atoms with Crippen molar-refractivity contribution in [3.8, 4) is 16.9 Å². The lowest BCUT2D eigenvalue weighted by molar-refractivity contribution is 0.884. The maximum absolute atomic E-state index is 5.32. The third-order valence-corrected chi connectivity index (χ3v) is 4.68. The van der Waals surface area contributed by atoms with Gasteiger partial charge in [-0.25, -0.2) is 4.68 Å². The van der Waals surface area contributed by atoms with Crippen LogP contribution in [-0.4, -0.2) is 21.1 Å². The normalized spacial score (nSPS) is 10.8. The van der Waals surface area contributed by atoms with Gasteiger partial charge in [-0.15, -0.1) is 0 Å². The fourth-order valence-corrected chi connectivity index (χ4v) is 3.14. The predicted octanol–water partition coefficient (Wildman–Crippen LogP) is 5.17. The zero-order valence-electron chi connectivity index (χ0n) is 16.5. The SMILES string of the molecule is Cc1ccc(-c2nn(-c3ccccc3)cc2/C=N\NC(=S)Nc2ccccc2)cc1. The first-order valence-electron chi connectivity index (χ1n) is 9.56. The second kappa shape index (κ2) is 9.15. The first kappa shape index (κ1) is 19.5. The van der Waals surface area contributed by atoms with Crippen LogP contribution in [0.2, 0.25) is 0 Å². The number of rotatable bonds is 5. The molecule has 30 heavy (non-hydrogen) atoms. The molecule has 0 amide bonds. The standard InChI is InChI=1S/C24H21N5S/c1-18-12-14-19(15-13-18)23-20(17-29(28-23)22-10-6-3-7-11-22)16-25-27-24(30)26-21-8-4-2-5-9-21/h2-17H,1H3,(H2,26,27,30)/b25-16-. The van der Waals surface area contributed by atoms with E-state index in [1.165, 1.54) is 5.56 Å². The zero-order valence-corrected chi connectivity index (χ0v) is 17.3. The Morgan fingerprint density at radius 2 is 1.60 bits per heavy atom. The lowest BCUT2D eigenvalue weighted by Gasteiger charge is -2.06. The number of nitrogens with one attached hydrogen (secondary N) is 2. The molecule has 0 aliphatic carbocycles. The quantitative estimate of drug-likeness (QED) is 0.270. The zero-order chi connectivity index (χ0) is 20.8. The molecule has 0 saturated carbocycles. The highest BCUT2D eigenvalue weighted by Gasteiger charge is 2.11. The Kier molecular flexibility index (Phi) is 5.96. The maximum atomic E-state index is 5.32. The van der Waals surface area contributed by atoms with Gasteiger partial charge in [0.2, 0.25) is 0 Å². The summed E-state index contributed by atoms with van der Waals surface area (Å²) in [6, 6.07) is 28.0. The number of aromatic nitrogens is 2. The Balaban J connectivity index is 1.57. The number of para-hydroxylation sites is 2. The Morgan fingerprint density at radius 3 is 2.30 bits per heavy atom. The second-order valence-electron chi connectivity index (χ2n) is 6.77. The Hall–Kier alpha value is -3.77. The maximum Gasteiger partial charge on any atom is 0.191 e. The van der Waals surface area contributed by atoms with E-state index in [1.54, 1.807) is 6.21 Å². The molecule has 2 N–H and O–H groups in total. The van der Waals surface area contributed by atoms with Crippen LogP contribution < -0.4 is 10.7 Å². The van der Waals surface area contributed by atoms with E-state index in [2.05, 4.69) is 47.0 Å². The molecule has 6 heteroatoms. The minimum absolute atomic E-state index is 0.421. The van der Waals surface area contributed by atoms with Gasteiger partial charge in [-0.2, -0.15) is 10.2 Å².